The lowest BCUT2D eigenvalue weighted by Crippen LogP contribution is -3.11. The molecule has 0 bridgehead atoms. The molecule has 150 valence electrons. The van der Waals surface area contributed by atoms with Gasteiger partial charge < -0.3 is 19.9 Å². The Morgan fingerprint density at radius 3 is 2.78 bits per heavy atom. The molecule has 2 amide bonds. The average Bonchev–Trinajstić information content (AvgIpc) is 2.64. The lowest BCUT2D eigenvalue weighted by atomic mass is 10.1. The van der Waals surface area contributed by atoms with Crippen molar-refractivity contribution in [2.24, 2.45) is 0 Å². The molecule has 1 aromatic carbocycles. The van der Waals surface area contributed by atoms with Gasteiger partial charge in [0.25, 0.3) is 5.91 Å². The molecule has 0 saturated heterocycles. The molecule has 1 aromatic rings. The Morgan fingerprint density at radius 1 is 1.33 bits per heavy atom. The second-order valence-corrected chi connectivity index (χ2v) is 7.37. The van der Waals surface area contributed by atoms with Crippen LogP contribution in [0.15, 0.2) is 18.2 Å². The lowest BCUT2D eigenvalue weighted by molar-refractivity contribution is -0.896. The Kier molecular flexibility index (Phi) is 8.10. The summed E-state index contributed by atoms with van der Waals surface area (Å²) in [6, 6.07) is 5.92. The van der Waals surface area contributed by atoms with Crippen molar-refractivity contribution < 1.29 is 19.2 Å². The summed E-state index contributed by atoms with van der Waals surface area (Å²) in [5.41, 5.74) is 1.83. The van der Waals surface area contributed by atoms with Crippen LogP contribution in [0.2, 0.25) is 0 Å². The van der Waals surface area contributed by atoms with Crippen molar-refractivity contribution in [3.8, 4) is 5.75 Å². The van der Waals surface area contributed by atoms with Gasteiger partial charge in [0.05, 0.1) is 25.3 Å². The Labute approximate surface area is 162 Å². The number of ether oxygens (including phenoxy) is 1. The normalized spacial score (nSPS) is 14.7. The van der Waals surface area contributed by atoms with Crippen LogP contribution in [0.5, 0.6) is 5.75 Å². The number of amides is 2. The Hall–Kier alpha value is -2.08. The van der Waals surface area contributed by atoms with Crippen LogP contribution in [-0.4, -0.2) is 50.6 Å². The van der Waals surface area contributed by atoms with Crippen LogP contribution in [0, 0.1) is 6.92 Å². The second kappa shape index (κ2) is 10.3. The molecular weight excluding hydrogens is 342 g/mol. The number of fused-ring (bicyclic) bond motifs is 1. The van der Waals surface area contributed by atoms with Crippen LogP contribution in [-0.2, 0) is 9.59 Å². The van der Waals surface area contributed by atoms with Crippen molar-refractivity contribution in [1.82, 2.24) is 5.32 Å². The summed E-state index contributed by atoms with van der Waals surface area (Å²) < 4.78 is 5.51. The Morgan fingerprint density at radius 2 is 2.07 bits per heavy atom. The predicted octanol–water partition coefficient (Wildman–Crippen LogP) is 1.32. The minimum absolute atomic E-state index is 0.00867. The van der Waals surface area contributed by atoms with Crippen molar-refractivity contribution in [2.45, 2.75) is 53.0 Å². The van der Waals surface area contributed by atoms with Crippen LogP contribution in [0.4, 0.5) is 5.69 Å². The minimum atomic E-state index is -0.102. The number of nitrogens with zero attached hydrogens (tertiary/aromatic N) is 1. The highest BCUT2D eigenvalue weighted by Crippen LogP contribution is 2.32. The van der Waals surface area contributed by atoms with Crippen LogP contribution in [0.25, 0.3) is 0 Å². The standard InChI is InChI=1S/C21H33N3O3/c1-5-23(6-2)12-7-8-17(4)22-20(25)11-13-24-18-10-9-16(3)14-19(18)27-15-21(24)26/h9-10,14,17H,5-8,11-13,15H2,1-4H3,(H,22,25)/p+1/t17-/m1/s1. The molecule has 1 atom stereocenters. The van der Waals surface area contributed by atoms with Gasteiger partial charge in [0, 0.05) is 19.0 Å². The molecule has 1 heterocycles. The highest BCUT2D eigenvalue weighted by molar-refractivity contribution is 5.98. The maximum absolute atomic E-state index is 12.3. The number of carbonyl (C=O) groups excluding carboxylic acids is 2. The molecule has 1 aliphatic heterocycles. The lowest BCUT2D eigenvalue weighted by Gasteiger charge is -2.29. The zero-order valence-electron chi connectivity index (χ0n) is 17.1. The van der Waals surface area contributed by atoms with Crippen molar-refractivity contribution in [1.29, 1.82) is 0 Å². The molecule has 1 aliphatic rings. The van der Waals surface area contributed by atoms with Crippen molar-refractivity contribution in [3.63, 3.8) is 0 Å². The zero-order valence-corrected chi connectivity index (χ0v) is 17.1. The first-order chi connectivity index (χ1) is 12.9. The maximum atomic E-state index is 12.3. The highest BCUT2D eigenvalue weighted by Gasteiger charge is 2.26. The monoisotopic (exact) mass is 376 g/mol. The van der Waals surface area contributed by atoms with Crippen molar-refractivity contribution in [2.75, 3.05) is 37.7 Å². The summed E-state index contributed by atoms with van der Waals surface area (Å²) in [6.45, 7) is 12.3. The van der Waals surface area contributed by atoms with E-state index in [1.54, 1.807) is 9.80 Å². The van der Waals surface area contributed by atoms with Gasteiger partial charge in [-0.2, -0.15) is 0 Å². The highest BCUT2D eigenvalue weighted by atomic mass is 16.5. The molecule has 0 unspecified atom stereocenters. The van der Waals surface area contributed by atoms with E-state index >= 15 is 0 Å². The molecule has 2 rings (SSSR count). The second-order valence-electron chi connectivity index (χ2n) is 7.37. The molecule has 0 spiro atoms. The van der Waals surface area contributed by atoms with Gasteiger partial charge in [-0.1, -0.05) is 6.07 Å². The van der Waals surface area contributed by atoms with Crippen LogP contribution >= 0.6 is 0 Å². The van der Waals surface area contributed by atoms with Crippen molar-refractivity contribution in [3.05, 3.63) is 23.8 Å². The molecule has 27 heavy (non-hydrogen) atoms. The third kappa shape index (κ3) is 6.24. The van der Waals surface area contributed by atoms with E-state index in [-0.39, 0.29) is 24.5 Å². The Balaban J connectivity index is 1.79. The number of anilines is 1. The minimum Gasteiger partial charge on any atom is -0.482 e. The van der Waals surface area contributed by atoms with E-state index < -0.39 is 0 Å². The smallest absolute Gasteiger partial charge is 0.265 e. The number of hydrogen-bond acceptors (Lipinski definition) is 3. The first-order valence-electron chi connectivity index (χ1n) is 10.1. The van der Waals surface area contributed by atoms with Crippen molar-refractivity contribution >= 4 is 17.5 Å². The Bertz CT molecular complexity index is 644. The van der Waals surface area contributed by atoms with E-state index in [9.17, 15) is 9.59 Å². The van der Waals surface area contributed by atoms with Gasteiger partial charge >= 0.3 is 0 Å². The molecule has 2 N–H and O–H groups in total. The number of hydrogen-bond donors (Lipinski definition) is 2. The summed E-state index contributed by atoms with van der Waals surface area (Å²) in [6.07, 6.45) is 2.38. The number of quaternary nitrogens is 1. The topological polar surface area (TPSA) is 63.1 Å². The number of aryl methyl sites for hydroxylation is 1. The number of nitrogens with one attached hydrogen (secondary N) is 2. The molecule has 0 fully saturated rings. The van der Waals surface area contributed by atoms with E-state index in [2.05, 4.69) is 19.2 Å². The van der Waals surface area contributed by atoms with E-state index in [1.165, 1.54) is 0 Å². The van der Waals surface area contributed by atoms with Crippen LogP contribution in [0.1, 0.15) is 45.6 Å². The van der Waals surface area contributed by atoms with E-state index in [1.807, 2.05) is 32.0 Å². The largest absolute Gasteiger partial charge is 0.482 e. The number of rotatable bonds is 10. The predicted molar refractivity (Wildman–Crippen MR) is 107 cm³/mol. The zero-order chi connectivity index (χ0) is 19.8. The van der Waals surface area contributed by atoms with Gasteiger partial charge in [0.15, 0.2) is 6.61 Å². The van der Waals surface area contributed by atoms with E-state index in [0.717, 1.165) is 43.7 Å². The summed E-state index contributed by atoms with van der Waals surface area (Å²) in [5, 5.41) is 3.06. The fourth-order valence-corrected chi connectivity index (χ4v) is 3.45. The molecule has 0 saturated carbocycles. The quantitative estimate of drug-likeness (QED) is 0.647. The third-order valence-electron chi connectivity index (χ3n) is 5.20. The fraction of sp³-hybridized carbons (Fsp3) is 0.619. The fourth-order valence-electron chi connectivity index (χ4n) is 3.45. The summed E-state index contributed by atoms with van der Waals surface area (Å²) in [7, 11) is 0. The van der Waals surface area contributed by atoms with Crippen LogP contribution < -0.4 is 19.9 Å². The summed E-state index contributed by atoms with van der Waals surface area (Å²) in [5.74, 6) is 0.599. The molecule has 6 heteroatoms. The first kappa shape index (κ1) is 21.2. The van der Waals surface area contributed by atoms with Gasteiger partial charge in [-0.3, -0.25) is 9.59 Å². The molecule has 0 aromatic heterocycles. The molecule has 0 aliphatic carbocycles. The molecule has 0 radical (unpaired) electrons. The molecule has 6 nitrogen and oxygen atoms in total. The summed E-state index contributed by atoms with van der Waals surface area (Å²) in [4.78, 5) is 27.7. The number of benzene rings is 1. The SMILES string of the molecule is CC[NH+](CC)CCC[C@@H](C)NC(=O)CCN1C(=O)COc2cc(C)ccc21. The van der Waals surface area contributed by atoms with Gasteiger partial charge in [-0.25, -0.2) is 0 Å². The van der Waals surface area contributed by atoms with Gasteiger partial charge in [0.2, 0.25) is 5.91 Å². The van der Waals surface area contributed by atoms with E-state index in [4.69, 9.17) is 4.74 Å². The molecular formula is C21H34N3O3+. The van der Waals surface area contributed by atoms with Gasteiger partial charge in [-0.05, 0) is 58.2 Å². The number of carbonyl (C=O) groups is 2. The maximum Gasteiger partial charge on any atom is 0.265 e. The van der Waals surface area contributed by atoms with Gasteiger partial charge in [-0.15, -0.1) is 0 Å². The average molecular weight is 377 g/mol. The third-order valence-corrected chi connectivity index (χ3v) is 5.20. The van der Waals surface area contributed by atoms with E-state index in [0.29, 0.717) is 18.7 Å². The first-order valence-corrected chi connectivity index (χ1v) is 10.1. The van der Waals surface area contributed by atoms with Gasteiger partial charge in [0.1, 0.15) is 5.75 Å². The van der Waals surface area contributed by atoms with Crippen LogP contribution in [0.3, 0.4) is 0 Å². The summed E-state index contributed by atoms with van der Waals surface area (Å²) >= 11 is 0.